The number of hydrogen-bond donors (Lipinski definition) is 3. The van der Waals surface area contributed by atoms with Crippen LogP contribution in [-0.4, -0.2) is 53.2 Å². The van der Waals surface area contributed by atoms with Crippen molar-refractivity contribution in [1.29, 1.82) is 0 Å². The fraction of sp³-hybridized carbons (Fsp3) is 0.280. The monoisotopic (exact) mass is 513 g/mol. The molecule has 0 radical (unpaired) electrons. The van der Waals surface area contributed by atoms with Crippen molar-refractivity contribution in [2.75, 3.05) is 30.7 Å². The van der Waals surface area contributed by atoms with Crippen molar-refractivity contribution in [3.63, 3.8) is 0 Å². The number of nitrogens with zero attached hydrogens (tertiary/aromatic N) is 2. The van der Waals surface area contributed by atoms with E-state index in [1.165, 1.54) is 6.07 Å². The number of aromatic nitrogens is 1. The highest BCUT2D eigenvalue weighted by Crippen LogP contribution is 2.30. The van der Waals surface area contributed by atoms with Gasteiger partial charge in [0, 0.05) is 24.7 Å². The molecule has 0 unspecified atom stereocenters. The molecule has 4 rings (SSSR count). The number of likely N-dealkylation sites (tertiary alicyclic amines) is 1. The summed E-state index contributed by atoms with van der Waals surface area (Å²) in [5, 5.41) is 6.22. The Hall–Kier alpha value is -3.86. The minimum absolute atomic E-state index is 0.0327. The molecule has 0 saturated carbocycles. The minimum atomic E-state index is -0.963. The lowest BCUT2D eigenvalue weighted by Gasteiger charge is -2.32. The maximum atomic E-state index is 14.0. The van der Waals surface area contributed by atoms with Gasteiger partial charge in [0.1, 0.15) is 22.3 Å². The summed E-state index contributed by atoms with van der Waals surface area (Å²) in [6.07, 6.45) is 1.23. The molecule has 36 heavy (non-hydrogen) atoms. The van der Waals surface area contributed by atoms with Crippen molar-refractivity contribution in [3.05, 3.63) is 75.7 Å². The van der Waals surface area contributed by atoms with E-state index in [9.17, 15) is 23.2 Å². The van der Waals surface area contributed by atoms with Gasteiger partial charge in [0.15, 0.2) is 5.13 Å². The summed E-state index contributed by atoms with van der Waals surface area (Å²) < 4.78 is 28.0. The van der Waals surface area contributed by atoms with E-state index in [4.69, 9.17) is 5.73 Å². The second kappa shape index (κ2) is 10.8. The highest BCUT2D eigenvalue weighted by Gasteiger charge is 2.27. The highest BCUT2D eigenvalue weighted by atomic mass is 32.1. The van der Waals surface area contributed by atoms with E-state index < -0.39 is 23.0 Å². The third kappa shape index (κ3) is 5.68. The first-order valence-electron chi connectivity index (χ1n) is 11.4. The van der Waals surface area contributed by atoms with Crippen LogP contribution < -0.4 is 16.4 Å². The van der Waals surface area contributed by atoms with Crippen LogP contribution in [0.4, 0.5) is 19.7 Å². The molecule has 0 bridgehead atoms. The number of anilines is 2. The zero-order valence-electron chi connectivity index (χ0n) is 19.5. The van der Waals surface area contributed by atoms with Gasteiger partial charge < -0.3 is 21.3 Å². The van der Waals surface area contributed by atoms with Gasteiger partial charge in [-0.05, 0) is 44.0 Å². The van der Waals surface area contributed by atoms with E-state index in [-0.39, 0.29) is 35.1 Å². The summed E-state index contributed by atoms with van der Waals surface area (Å²) in [4.78, 5) is 43.3. The maximum Gasteiger partial charge on any atom is 0.251 e. The van der Waals surface area contributed by atoms with Gasteiger partial charge in [-0.25, -0.2) is 13.8 Å². The molecule has 11 heteroatoms. The predicted molar refractivity (Wildman–Crippen MR) is 133 cm³/mol. The molecular weight excluding hydrogens is 488 g/mol. The van der Waals surface area contributed by atoms with Gasteiger partial charge in [-0.1, -0.05) is 35.1 Å². The van der Waals surface area contributed by atoms with Crippen molar-refractivity contribution in [3.8, 4) is 0 Å². The van der Waals surface area contributed by atoms with Gasteiger partial charge in [0.2, 0.25) is 11.7 Å². The number of carbonyl (C=O) groups excluding carboxylic acids is 3. The summed E-state index contributed by atoms with van der Waals surface area (Å²) in [6, 6.07) is 10.3. The summed E-state index contributed by atoms with van der Waals surface area (Å²) in [6.45, 7) is 2.75. The second-order valence-electron chi connectivity index (χ2n) is 8.51. The van der Waals surface area contributed by atoms with Crippen LogP contribution in [0.2, 0.25) is 0 Å². The number of ketones is 1. The summed E-state index contributed by atoms with van der Waals surface area (Å²) >= 11 is 0.933. The minimum Gasteiger partial charge on any atom is -0.382 e. The van der Waals surface area contributed by atoms with E-state index in [2.05, 4.69) is 15.6 Å². The number of rotatable bonds is 7. The molecule has 2 aromatic carbocycles. The number of aryl methyl sites for hydroxylation is 1. The van der Waals surface area contributed by atoms with Crippen LogP contribution in [0.15, 0.2) is 42.5 Å². The van der Waals surface area contributed by atoms with Crippen molar-refractivity contribution in [1.82, 2.24) is 15.2 Å². The Labute approximate surface area is 210 Å². The Morgan fingerprint density at radius 1 is 1.11 bits per heavy atom. The van der Waals surface area contributed by atoms with Gasteiger partial charge in [0.25, 0.3) is 5.91 Å². The average Bonchev–Trinajstić information content (AvgIpc) is 3.22. The summed E-state index contributed by atoms with van der Waals surface area (Å²) in [7, 11) is 0. The Morgan fingerprint density at radius 3 is 2.44 bits per heavy atom. The number of benzene rings is 2. The number of carbonyl (C=O) groups is 3. The number of nitrogens with two attached hydrogens (primary N) is 1. The molecule has 1 saturated heterocycles. The molecule has 0 aliphatic carbocycles. The zero-order chi connectivity index (χ0) is 25.8. The number of piperidine rings is 1. The van der Waals surface area contributed by atoms with E-state index in [0.29, 0.717) is 36.6 Å². The topological polar surface area (TPSA) is 117 Å². The van der Waals surface area contributed by atoms with Crippen LogP contribution >= 0.6 is 11.3 Å². The average molecular weight is 514 g/mol. The fourth-order valence-electron chi connectivity index (χ4n) is 3.99. The molecule has 1 aromatic heterocycles. The highest BCUT2D eigenvalue weighted by molar-refractivity contribution is 7.18. The molecule has 1 fully saturated rings. The quantitative estimate of drug-likeness (QED) is 0.417. The SMILES string of the molecule is Cc1cccc(C(=O)NCC(=O)N2CCC(Nc3nc(N)c(C(=O)c4c(F)cccc4F)s3)CC2)c1. The lowest BCUT2D eigenvalue weighted by molar-refractivity contribution is -0.131. The summed E-state index contributed by atoms with van der Waals surface area (Å²) in [5.74, 6) is -3.36. The number of halogens is 2. The molecule has 2 amide bonds. The fourth-order valence-corrected chi connectivity index (χ4v) is 4.90. The lowest BCUT2D eigenvalue weighted by atomic mass is 10.1. The molecule has 0 atom stereocenters. The van der Waals surface area contributed by atoms with Crippen molar-refractivity contribution >= 4 is 39.9 Å². The standard InChI is InChI=1S/C25H25F2N5O3S/c1-14-4-2-5-15(12-14)24(35)29-13-19(33)32-10-8-16(9-11-32)30-25-31-23(28)22(36-25)21(34)20-17(26)6-3-7-18(20)27/h2-7,12,16H,8-11,13,28H2,1H3,(H,29,35)(H,30,31). The Balaban J connectivity index is 1.29. The second-order valence-corrected chi connectivity index (χ2v) is 9.51. The smallest absolute Gasteiger partial charge is 0.251 e. The third-order valence-corrected chi connectivity index (χ3v) is 6.91. The molecule has 188 valence electrons. The normalized spacial score (nSPS) is 13.9. The number of amides is 2. The maximum absolute atomic E-state index is 14.0. The molecule has 2 heterocycles. The van der Waals surface area contributed by atoms with Gasteiger partial charge in [-0.3, -0.25) is 14.4 Å². The van der Waals surface area contributed by atoms with Crippen LogP contribution in [0, 0.1) is 18.6 Å². The van der Waals surface area contributed by atoms with Crippen molar-refractivity contribution in [2.45, 2.75) is 25.8 Å². The largest absolute Gasteiger partial charge is 0.382 e. The van der Waals surface area contributed by atoms with Crippen LogP contribution in [0.25, 0.3) is 0 Å². The van der Waals surface area contributed by atoms with Gasteiger partial charge in [0.05, 0.1) is 12.1 Å². The lowest BCUT2D eigenvalue weighted by Crippen LogP contribution is -2.46. The van der Waals surface area contributed by atoms with E-state index >= 15 is 0 Å². The van der Waals surface area contributed by atoms with Gasteiger partial charge >= 0.3 is 0 Å². The summed E-state index contributed by atoms with van der Waals surface area (Å²) in [5.41, 5.74) is 6.66. The van der Waals surface area contributed by atoms with Crippen LogP contribution in [-0.2, 0) is 4.79 Å². The number of nitrogens with one attached hydrogen (secondary N) is 2. The van der Waals surface area contributed by atoms with Crippen LogP contribution in [0.3, 0.4) is 0 Å². The zero-order valence-corrected chi connectivity index (χ0v) is 20.3. The van der Waals surface area contributed by atoms with Crippen LogP contribution in [0.1, 0.15) is 44.0 Å². The molecule has 0 spiro atoms. The molecule has 1 aliphatic heterocycles. The number of nitrogen functional groups attached to an aromatic ring is 1. The van der Waals surface area contributed by atoms with E-state index in [0.717, 1.165) is 29.0 Å². The number of thiazole rings is 1. The predicted octanol–water partition coefficient (Wildman–Crippen LogP) is 3.38. The van der Waals surface area contributed by atoms with Crippen molar-refractivity contribution < 1.29 is 23.2 Å². The first kappa shape index (κ1) is 25.2. The van der Waals surface area contributed by atoms with Crippen LogP contribution in [0.5, 0.6) is 0 Å². The van der Waals surface area contributed by atoms with Crippen molar-refractivity contribution in [2.24, 2.45) is 0 Å². The Morgan fingerprint density at radius 2 is 1.78 bits per heavy atom. The molecule has 1 aliphatic rings. The first-order chi connectivity index (χ1) is 17.2. The first-order valence-corrected chi connectivity index (χ1v) is 12.2. The Bertz CT molecular complexity index is 1280. The Kier molecular flexibility index (Phi) is 7.58. The third-order valence-electron chi connectivity index (χ3n) is 5.91. The molecule has 3 aromatic rings. The van der Waals surface area contributed by atoms with Gasteiger partial charge in [-0.15, -0.1) is 0 Å². The molecule has 8 nitrogen and oxygen atoms in total. The van der Waals surface area contributed by atoms with E-state index in [1.807, 2.05) is 13.0 Å². The number of hydrogen-bond acceptors (Lipinski definition) is 7. The van der Waals surface area contributed by atoms with Gasteiger partial charge in [-0.2, -0.15) is 0 Å². The molecular formula is C25H25F2N5O3S. The van der Waals surface area contributed by atoms with E-state index in [1.54, 1.807) is 23.1 Å². The molecule has 4 N–H and O–H groups in total.